The normalized spacial score (nSPS) is 16.6. The van der Waals surface area contributed by atoms with Crippen molar-refractivity contribution in [3.63, 3.8) is 0 Å². The number of pyridine rings is 1. The Labute approximate surface area is 393 Å². The Hall–Kier alpha value is -7.31. The average Bonchev–Trinajstić information content (AvgIpc) is 3.87. The molecule has 4 aliphatic rings. The molecule has 0 unspecified atom stereocenters. The van der Waals surface area contributed by atoms with E-state index in [9.17, 15) is 0 Å². The van der Waals surface area contributed by atoms with Crippen LogP contribution in [0.4, 0.5) is 39.8 Å². The van der Waals surface area contributed by atoms with Crippen LogP contribution in [0.25, 0.3) is 27.6 Å². The van der Waals surface area contributed by atoms with Gasteiger partial charge in [0.2, 0.25) is 0 Å². The first-order valence-electron chi connectivity index (χ1n) is 23.8. The maximum atomic E-state index is 6.81. The van der Waals surface area contributed by atoms with Gasteiger partial charge in [0, 0.05) is 56.7 Å². The maximum absolute atomic E-state index is 6.81. The Kier molecular flexibility index (Phi) is 8.01. The van der Waals surface area contributed by atoms with E-state index in [2.05, 4.69) is 233 Å². The van der Waals surface area contributed by atoms with Crippen molar-refractivity contribution in [3.8, 4) is 17.3 Å². The van der Waals surface area contributed by atoms with Crippen molar-refractivity contribution in [1.82, 2.24) is 9.55 Å². The summed E-state index contributed by atoms with van der Waals surface area (Å²) < 4.78 is 9.08. The molecule has 4 aliphatic heterocycles. The van der Waals surface area contributed by atoms with Crippen LogP contribution in [0.1, 0.15) is 101 Å². The van der Waals surface area contributed by atoms with Crippen LogP contribution in [0.5, 0.6) is 11.5 Å². The molecule has 0 aliphatic carbocycles. The lowest BCUT2D eigenvalue weighted by Gasteiger charge is -2.55. The second-order valence-electron chi connectivity index (χ2n) is 21.8. The summed E-state index contributed by atoms with van der Waals surface area (Å²) in [5.41, 5.74) is 19.9. The second-order valence-corrected chi connectivity index (χ2v) is 21.8. The minimum atomic E-state index is -0.229. The van der Waals surface area contributed by atoms with Gasteiger partial charge in [-0.25, -0.2) is 4.98 Å². The zero-order valence-electron chi connectivity index (χ0n) is 39.9. The molecular weight excluding hydrogens is 819 g/mol. The van der Waals surface area contributed by atoms with Gasteiger partial charge in [0.05, 0.1) is 39.5 Å². The fourth-order valence-electron chi connectivity index (χ4n) is 12.1. The van der Waals surface area contributed by atoms with Gasteiger partial charge < -0.3 is 19.4 Å². The fourth-order valence-corrected chi connectivity index (χ4v) is 12.1. The predicted molar refractivity (Wildman–Crippen MR) is 277 cm³/mol. The van der Waals surface area contributed by atoms with Crippen LogP contribution in [-0.4, -0.2) is 16.2 Å². The molecule has 0 radical (unpaired) electrons. The van der Waals surface area contributed by atoms with E-state index in [1.807, 2.05) is 6.20 Å². The monoisotopic (exact) mass is 873 g/mol. The number of aromatic nitrogens is 2. The molecule has 0 amide bonds. The zero-order chi connectivity index (χ0) is 45.9. The van der Waals surface area contributed by atoms with Gasteiger partial charge in [-0.2, -0.15) is 0 Å². The summed E-state index contributed by atoms with van der Waals surface area (Å²) in [5, 5.41) is 2.36. The lowest BCUT2D eigenvalue weighted by molar-refractivity contribution is 0.483. The van der Waals surface area contributed by atoms with Gasteiger partial charge in [0.1, 0.15) is 24.0 Å². The first kappa shape index (κ1) is 40.0. The van der Waals surface area contributed by atoms with Crippen molar-refractivity contribution in [2.24, 2.45) is 0 Å². The van der Waals surface area contributed by atoms with E-state index in [0.717, 1.165) is 34.0 Å². The third kappa shape index (κ3) is 5.47. The van der Waals surface area contributed by atoms with Crippen LogP contribution in [0, 0.1) is 0 Å². The highest BCUT2D eigenvalue weighted by Gasteiger charge is 2.52. The smallest absolute Gasteiger partial charge is 0.137 e. The highest BCUT2D eigenvalue weighted by Crippen LogP contribution is 2.66. The van der Waals surface area contributed by atoms with Crippen molar-refractivity contribution in [2.45, 2.75) is 84.0 Å². The van der Waals surface area contributed by atoms with Gasteiger partial charge >= 0.3 is 0 Å². The topological polar surface area (TPSA) is 36.8 Å². The van der Waals surface area contributed by atoms with Crippen LogP contribution in [-0.2, 0) is 21.7 Å². The molecule has 9 aromatic rings. The Morgan fingerprint density at radius 2 is 1.01 bits per heavy atom. The minimum Gasteiger partial charge on any atom is -0.457 e. The van der Waals surface area contributed by atoms with Gasteiger partial charge in [-0.05, 0) is 111 Å². The SMILES string of the molecule is CC(C)(C)c1ccnc(-n2c3ccccc3c3ccc(Oc4cccc(N5CN(c6cc7c8c(c6)C(C)(C)c6cccc9c6N8c6c(cccc6C7(C)C)C9(C)C)c6ccccc65)c4)cc32)c1. The van der Waals surface area contributed by atoms with Crippen LogP contribution < -0.4 is 19.4 Å². The summed E-state index contributed by atoms with van der Waals surface area (Å²) in [7, 11) is 0. The number of rotatable bonds is 5. The molecule has 7 aromatic carbocycles. The van der Waals surface area contributed by atoms with Gasteiger partial charge in [0.25, 0.3) is 0 Å². The molecule has 67 heavy (non-hydrogen) atoms. The van der Waals surface area contributed by atoms with E-state index in [1.165, 1.54) is 83.8 Å². The highest BCUT2D eigenvalue weighted by molar-refractivity contribution is 6.09. The Balaban J connectivity index is 0.889. The molecule has 0 saturated carbocycles. The zero-order valence-corrected chi connectivity index (χ0v) is 39.9. The van der Waals surface area contributed by atoms with Crippen molar-refractivity contribution >= 4 is 61.6 Å². The molecule has 0 N–H and O–H groups in total. The predicted octanol–water partition coefficient (Wildman–Crippen LogP) is 15.9. The molecule has 0 atom stereocenters. The lowest BCUT2D eigenvalue weighted by atomic mass is 9.61. The molecule has 0 saturated heterocycles. The number of hydrogen-bond acceptors (Lipinski definition) is 5. The van der Waals surface area contributed by atoms with Crippen molar-refractivity contribution in [1.29, 1.82) is 0 Å². The van der Waals surface area contributed by atoms with Gasteiger partial charge in [0.15, 0.2) is 0 Å². The van der Waals surface area contributed by atoms with Crippen molar-refractivity contribution < 1.29 is 4.74 Å². The van der Waals surface area contributed by atoms with E-state index in [0.29, 0.717) is 6.67 Å². The number of para-hydroxylation sites is 5. The molecule has 2 aromatic heterocycles. The quantitative estimate of drug-likeness (QED) is 0.172. The number of nitrogens with zero attached hydrogens (tertiary/aromatic N) is 5. The third-order valence-corrected chi connectivity index (χ3v) is 15.8. The fraction of sp³-hybridized carbons (Fsp3) is 0.230. The number of benzene rings is 7. The van der Waals surface area contributed by atoms with Crippen LogP contribution in [0.2, 0.25) is 0 Å². The summed E-state index contributed by atoms with van der Waals surface area (Å²) in [6.45, 7) is 22.0. The summed E-state index contributed by atoms with van der Waals surface area (Å²) >= 11 is 0. The average molecular weight is 874 g/mol. The maximum Gasteiger partial charge on any atom is 0.137 e. The minimum absolute atomic E-state index is 0.00645. The standard InChI is InChI=1S/C61H55N5O/c1-58(2,3)37-29-30-62-54(31-37)65-50-24-11-10-19-42(50)43-28-27-41(35-53(43)65)67-40-18-14-17-38(32-40)63-36-64(52-26-13-12-25-51(52)63)39-33-48-57-49(34-39)61(8,9)47-23-16-21-45-56(47)66(57)55-44(59(45,4)5)20-15-22-46(55)60(48,6)7/h10-35H,36H2,1-9H3. The largest absolute Gasteiger partial charge is 0.457 e. The third-order valence-electron chi connectivity index (χ3n) is 15.8. The Bertz CT molecular complexity index is 3490. The molecule has 0 spiro atoms. The molecule has 6 nitrogen and oxygen atoms in total. The summed E-state index contributed by atoms with van der Waals surface area (Å²) in [5.74, 6) is 2.46. The van der Waals surface area contributed by atoms with Crippen LogP contribution >= 0.6 is 0 Å². The van der Waals surface area contributed by atoms with E-state index in [1.54, 1.807) is 0 Å². The molecule has 6 heteroatoms. The Morgan fingerprint density at radius 1 is 0.478 bits per heavy atom. The van der Waals surface area contributed by atoms with E-state index >= 15 is 0 Å². The van der Waals surface area contributed by atoms with E-state index < -0.39 is 0 Å². The first-order chi connectivity index (χ1) is 32.1. The first-order valence-corrected chi connectivity index (χ1v) is 23.8. The molecule has 6 heterocycles. The van der Waals surface area contributed by atoms with E-state index in [-0.39, 0.29) is 21.7 Å². The van der Waals surface area contributed by atoms with Gasteiger partial charge in [-0.1, -0.05) is 135 Å². The summed E-state index contributed by atoms with van der Waals surface area (Å²) in [6.07, 6.45) is 1.93. The summed E-state index contributed by atoms with van der Waals surface area (Å²) in [6, 6.07) is 55.8. The van der Waals surface area contributed by atoms with Gasteiger partial charge in [-0.3, -0.25) is 4.57 Å². The highest BCUT2D eigenvalue weighted by atomic mass is 16.5. The molecule has 13 rings (SSSR count). The number of fused-ring (bicyclic) bond motifs is 4. The number of anilines is 7. The second kappa shape index (κ2) is 13.4. The van der Waals surface area contributed by atoms with Crippen molar-refractivity contribution in [3.05, 3.63) is 197 Å². The molecule has 0 bridgehead atoms. The molecule has 330 valence electrons. The van der Waals surface area contributed by atoms with Gasteiger partial charge in [-0.15, -0.1) is 0 Å². The van der Waals surface area contributed by atoms with Crippen LogP contribution in [0.3, 0.4) is 0 Å². The molecular formula is C61H55N5O. The number of hydrogen-bond donors (Lipinski definition) is 0. The van der Waals surface area contributed by atoms with Crippen LogP contribution in [0.15, 0.2) is 158 Å². The molecule has 0 fully saturated rings. The summed E-state index contributed by atoms with van der Waals surface area (Å²) in [4.78, 5) is 12.5. The Morgan fingerprint density at radius 3 is 1.66 bits per heavy atom. The number of ether oxygens (including phenoxy) is 1. The van der Waals surface area contributed by atoms with Crippen molar-refractivity contribution in [2.75, 3.05) is 21.4 Å². The lowest BCUT2D eigenvalue weighted by Crippen LogP contribution is -2.43. The van der Waals surface area contributed by atoms with E-state index in [4.69, 9.17) is 9.72 Å².